The summed E-state index contributed by atoms with van der Waals surface area (Å²) in [5.41, 5.74) is 3.59. The standard InChI is InChI=1S/C14H22N4O/c1-10-5-4-6-11(2)18(10)17-14(19)12-7-8-13(15-3)16-9-12/h7-11H,4-6H2,1-3H3,(H,15,16)(H,17,19). The molecule has 5 nitrogen and oxygen atoms in total. The zero-order valence-corrected chi connectivity index (χ0v) is 11.8. The average molecular weight is 262 g/mol. The SMILES string of the molecule is CNc1ccc(C(=O)NN2C(C)CCCC2C)cn1. The Morgan fingerprint density at radius 3 is 2.53 bits per heavy atom. The first-order chi connectivity index (χ1) is 9.11. The number of nitrogens with one attached hydrogen (secondary N) is 2. The molecule has 0 saturated carbocycles. The Labute approximate surface area is 114 Å². The lowest BCUT2D eigenvalue weighted by atomic mass is 10.00. The van der Waals surface area contributed by atoms with Crippen molar-refractivity contribution in [1.82, 2.24) is 15.4 Å². The lowest BCUT2D eigenvalue weighted by molar-refractivity contribution is 0.0369. The highest BCUT2D eigenvalue weighted by atomic mass is 16.2. The first kappa shape index (κ1) is 13.8. The molecule has 2 rings (SSSR count). The molecule has 5 heteroatoms. The van der Waals surface area contributed by atoms with Gasteiger partial charge < -0.3 is 5.32 Å². The maximum atomic E-state index is 12.2. The zero-order valence-electron chi connectivity index (χ0n) is 11.8. The van der Waals surface area contributed by atoms with Gasteiger partial charge in [-0.05, 0) is 38.8 Å². The Hall–Kier alpha value is -1.62. The van der Waals surface area contributed by atoms with Crippen LogP contribution in [0.25, 0.3) is 0 Å². The van der Waals surface area contributed by atoms with Gasteiger partial charge in [-0.15, -0.1) is 0 Å². The van der Waals surface area contributed by atoms with Gasteiger partial charge in [0.05, 0.1) is 5.56 Å². The summed E-state index contributed by atoms with van der Waals surface area (Å²) in [6.45, 7) is 4.30. The van der Waals surface area contributed by atoms with Crippen LogP contribution < -0.4 is 10.7 Å². The Morgan fingerprint density at radius 2 is 2.00 bits per heavy atom. The first-order valence-corrected chi connectivity index (χ1v) is 6.85. The number of hydrazine groups is 1. The van der Waals surface area contributed by atoms with Gasteiger partial charge >= 0.3 is 0 Å². The number of anilines is 1. The molecule has 1 fully saturated rings. The summed E-state index contributed by atoms with van der Waals surface area (Å²) in [5.74, 6) is 0.673. The molecule has 1 saturated heterocycles. The number of carbonyl (C=O) groups is 1. The molecule has 2 N–H and O–H groups in total. The van der Waals surface area contributed by atoms with Gasteiger partial charge in [-0.25, -0.2) is 9.99 Å². The van der Waals surface area contributed by atoms with E-state index in [2.05, 4.69) is 34.6 Å². The summed E-state index contributed by atoms with van der Waals surface area (Å²) in [4.78, 5) is 16.3. The number of piperidine rings is 1. The van der Waals surface area contributed by atoms with Crippen LogP contribution in [-0.4, -0.2) is 35.0 Å². The average Bonchev–Trinajstić information content (AvgIpc) is 2.43. The van der Waals surface area contributed by atoms with E-state index in [9.17, 15) is 4.79 Å². The molecule has 0 radical (unpaired) electrons. The van der Waals surface area contributed by atoms with Crippen molar-refractivity contribution in [1.29, 1.82) is 0 Å². The van der Waals surface area contributed by atoms with Crippen molar-refractivity contribution in [2.75, 3.05) is 12.4 Å². The fourth-order valence-corrected chi connectivity index (χ4v) is 2.50. The van der Waals surface area contributed by atoms with Crippen molar-refractivity contribution < 1.29 is 4.79 Å². The molecule has 2 heterocycles. The molecule has 19 heavy (non-hydrogen) atoms. The number of rotatable bonds is 3. The third-order valence-electron chi connectivity index (χ3n) is 3.71. The molecule has 1 aliphatic heterocycles. The van der Waals surface area contributed by atoms with Crippen molar-refractivity contribution in [3.8, 4) is 0 Å². The van der Waals surface area contributed by atoms with Crippen molar-refractivity contribution in [2.24, 2.45) is 0 Å². The number of carbonyl (C=O) groups excluding carboxylic acids is 1. The molecule has 0 spiro atoms. The van der Waals surface area contributed by atoms with Crippen molar-refractivity contribution in [3.05, 3.63) is 23.9 Å². The minimum Gasteiger partial charge on any atom is -0.373 e. The van der Waals surface area contributed by atoms with Crippen LogP contribution >= 0.6 is 0 Å². The van der Waals surface area contributed by atoms with E-state index in [0.29, 0.717) is 17.6 Å². The lowest BCUT2D eigenvalue weighted by Crippen LogP contribution is -2.54. The normalized spacial score (nSPS) is 23.9. The summed E-state index contributed by atoms with van der Waals surface area (Å²) in [7, 11) is 1.80. The van der Waals surface area contributed by atoms with Gasteiger partial charge in [0.1, 0.15) is 5.82 Å². The van der Waals surface area contributed by atoms with Gasteiger partial charge in [0.2, 0.25) is 0 Å². The van der Waals surface area contributed by atoms with E-state index in [1.165, 1.54) is 6.42 Å². The number of nitrogens with zero attached hydrogens (tertiary/aromatic N) is 2. The third kappa shape index (κ3) is 3.23. The minimum atomic E-state index is -0.0873. The topological polar surface area (TPSA) is 57.3 Å². The molecule has 0 aliphatic carbocycles. The number of pyridine rings is 1. The quantitative estimate of drug-likeness (QED) is 0.875. The summed E-state index contributed by atoms with van der Waals surface area (Å²) >= 11 is 0. The Bertz CT molecular complexity index is 422. The second-order valence-corrected chi connectivity index (χ2v) is 5.16. The van der Waals surface area contributed by atoms with E-state index in [-0.39, 0.29) is 5.91 Å². The van der Waals surface area contributed by atoms with Gasteiger partial charge in [0.15, 0.2) is 0 Å². The monoisotopic (exact) mass is 262 g/mol. The minimum absolute atomic E-state index is 0.0873. The Morgan fingerprint density at radius 1 is 1.32 bits per heavy atom. The van der Waals surface area contributed by atoms with E-state index in [0.717, 1.165) is 18.7 Å². The van der Waals surface area contributed by atoms with Gasteiger partial charge in [0.25, 0.3) is 5.91 Å². The zero-order chi connectivity index (χ0) is 13.8. The predicted molar refractivity (Wildman–Crippen MR) is 75.9 cm³/mol. The third-order valence-corrected chi connectivity index (χ3v) is 3.71. The molecular formula is C14H22N4O. The van der Waals surface area contributed by atoms with Crippen LogP contribution in [0.5, 0.6) is 0 Å². The Balaban J connectivity index is 2.02. The molecule has 0 bridgehead atoms. The largest absolute Gasteiger partial charge is 0.373 e. The van der Waals surface area contributed by atoms with E-state index >= 15 is 0 Å². The second-order valence-electron chi connectivity index (χ2n) is 5.16. The van der Waals surface area contributed by atoms with E-state index < -0.39 is 0 Å². The van der Waals surface area contributed by atoms with Crippen LogP contribution in [0.1, 0.15) is 43.5 Å². The number of aromatic nitrogens is 1. The molecule has 104 valence electrons. The van der Waals surface area contributed by atoms with Crippen LogP contribution in [0.2, 0.25) is 0 Å². The molecule has 2 atom stereocenters. The van der Waals surface area contributed by atoms with Crippen LogP contribution in [0.15, 0.2) is 18.3 Å². The molecule has 1 aromatic heterocycles. The molecule has 1 aliphatic rings. The summed E-state index contributed by atoms with van der Waals surface area (Å²) < 4.78 is 0. The smallest absolute Gasteiger partial charge is 0.267 e. The first-order valence-electron chi connectivity index (χ1n) is 6.85. The van der Waals surface area contributed by atoms with Crippen molar-refractivity contribution in [2.45, 2.75) is 45.2 Å². The van der Waals surface area contributed by atoms with Gasteiger partial charge in [-0.3, -0.25) is 10.2 Å². The van der Waals surface area contributed by atoms with E-state index in [4.69, 9.17) is 0 Å². The van der Waals surface area contributed by atoms with Crippen molar-refractivity contribution >= 4 is 11.7 Å². The van der Waals surface area contributed by atoms with Crippen molar-refractivity contribution in [3.63, 3.8) is 0 Å². The number of hydrogen-bond donors (Lipinski definition) is 2. The maximum absolute atomic E-state index is 12.2. The van der Waals surface area contributed by atoms with Gasteiger partial charge in [-0.1, -0.05) is 6.42 Å². The summed E-state index contributed by atoms with van der Waals surface area (Å²) in [5, 5.41) is 5.00. The fraction of sp³-hybridized carbons (Fsp3) is 0.571. The molecular weight excluding hydrogens is 240 g/mol. The second kappa shape index (κ2) is 6.02. The number of amides is 1. The van der Waals surface area contributed by atoms with E-state index in [1.807, 2.05) is 0 Å². The molecule has 1 amide bonds. The van der Waals surface area contributed by atoms with Gasteiger partial charge in [0, 0.05) is 25.3 Å². The van der Waals surface area contributed by atoms with Crippen LogP contribution in [0, 0.1) is 0 Å². The molecule has 2 unspecified atom stereocenters. The molecule has 0 aromatic carbocycles. The maximum Gasteiger partial charge on any atom is 0.267 e. The van der Waals surface area contributed by atoms with Crippen LogP contribution in [0.3, 0.4) is 0 Å². The predicted octanol–water partition coefficient (Wildman–Crippen LogP) is 2.03. The molecule has 1 aromatic rings. The summed E-state index contributed by atoms with van der Waals surface area (Å²) in [6, 6.07) is 4.36. The van der Waals surface area contributed by atoms with Crippen LogP contribution in [0.4, 0.5) is 5.82 Å². The van der Waals surface area contributed by atoms with Gasteiger partial charge in [-0.2, -0.15) is 0 Å². The highest BCUT2D eigenvalue weighted by molar-refractivity contribution is 5.93. The Kier molecular flexibility index (Phi) is 4.37. The van der Waals surface area contributed by atoms with Crippen LogP contribution in [-0.2, 0) is 0 Å². The highest BCUT2D eigenvalue weighted by Crippen LogP contribution is 2.20. The summed E-state index contributed by atoms with van der Waals surface area (Å²) in [6.07, 6.45) is 5.08. The lowest BCUT2D eigenvalue weighted by Gasteiger charge is -2.38. The number of hydrogen-bond acceptors (Lipinski definition) is 4. The van der Waals surface area contributed by atoms with E-state index in [1.54, 1.807) is 25.4 Å². The fourth-order valence-electron chi connectivity index (χ4n) is 2.50. The highest BCUT2D eigenvalue weighted by Gasteiger charge is 2.26.